The molecule has 1 aliphatic rings. The quantitative estimate of drug-likeness (QED) is 0.729. The highest BCUT2D eigenvalue weighted by molar-refractivity contribution is 5.99. The zero-order valence-corrected chi connectivity index (χ0v) is 13.6. The number of hydrogen-bond donors (Lipinski definition) is 0. The highest BCUT2D eigenvalue weighted by atomic mass is 16.5. The van der Waals surface area contributed by atoms with Crippen LogP contribution in [-0.4, -0.2) is 52.1 Å². The topological polar surface area (TPSA) is 75.4 Å². The fourth-order valence-corrected chi connectivity index (χ4v) is 2.92. The van der Waals surface area contributed by atoms with Crippen LogP contribution >= 0.6 is 0 Å². The van der Waals surface area contributed by atoms with E-state index in [1.807, 2.05) is 35.2 Å². The van der Waals surface area contributed by atoms with E-state index in [-0.39, 0.29) is 5.91 Å². The first kappa shape index (κ1) is 15.3. The van der Waals surface area contributed by atoms with E-state index in [2.05, 4.69) is 20.0 Å². The Morgan fingerprint density at radius 1 is 0.960 bits per heavy atom. The number of carbonyl (C=O) groups is 1. The molecule has 0 atom stereocenters. The van der Waals surface area contributed by atoms with Gasteiger partial charge in [-0.15, -0.1) is 0 Å². The van der Waals surface area contributed by atoms with Crippen molar-refractivity contribution in [1.82, 2.24) is 20.0 Å². The number of carbonyl (C=O) groups excluding carboxylic acids is 1. The molecule has 7 nitrogen and oxygen atoms in total. The molecule has 1 fully saturated rings. The lowest BCUT2D eigenvalue weighted by Gasteiger charge is -2.34. The van der Waals surface area contributed by atoms with Gasteiger partial charge in [0, 0.05) is 44.1 Å². The first-order chi connectivity index (χ1) is 12.3. The summed E-state index contributed by atoms with van der Waals surface area (Å²) < 4.78 is 5.33. The molecule has 0 unspecified atom stereocenters. The second-order valence-electron chi connectivity index (χ2n) is 5.76. The Morgan fingerprint density at radius 2 is 1.68 bits per heavy atom. The number of piperazine rings is 1. The Hall–Kier alpha value is -3.22. The summed E-state index contributed by atoms with van der Waals surface area (Å²) in [6.07, 6.45) is 4.95. The minimum Gasteiger partial charge on any atom is -0.355 e. The van der Waals surface area contributed by atoms with Crippen LogP contribution in [0.3, 0.4) is 0 Å². The summed E-state index contributed by atoms with van der Waals surface area (Å²) in [7, 11) is 0. The van der Waals surface area contributed by atoms with Gasteiger partial charge in [-0.3, -0.25) is 4.79 Å². The third-order valence-corrected chi connectivity index (χ3v) is 4.24. The number of benzene rings is 1. The van der Waals surface area contributed by atoms with E-state index < -0.39 is 0 Å². The maximum absolute atomic E-state index is 12.9. The van der Waals surface area contributed by atoms with Crippen LogP contribution in [0.5, 0.6) is 0 Å². The van der Waals surface area contributed by atoms with Gasteiger partial charge in [-0.1, -0.05) is 35.5 Å². The first-order valence-corrected chi connectivity index (χ1v) is 8.14. The van der Waals surface area contributed by atoms with Crippen LogP contribution in [0.4, 0.5) is 5.95 Å². The molecule has 126 valence electrons. The smallest absolute Gasteiger partial charge is 0.259 e. The second-order valence-corrected chi connectivity index (χ2v) is 5.76. The number of anilines is 1. The normalized spacial score (nSPS) is 14.6. The predicted molar refractivity (Wildman–Crippen MR) is 92.1 cm³/mol. The third kappa shape index (κ3) is 3.08. The predicted octanol–water partition coefficient (Wildman–Crippen LogP) is 2.09. The second kappa shape index (κ2) is 6.72. The molecule has 0 saturated carbocycles. The molecule has 1 aromatic carbocycles. The van der Waals surface area contributed by atoms with Gasteiger partial charge in [0.05, 0.1) is 6.20 Å². The third-order valence-electron chi connectivity index (χ3n) is 4.24. The molecule has 0 N–H and O–H groups in total. The number of rotatable bonds is 3. The largest absolute Gasteiger partial charge is 0.355 e. The summed E-state index contributed by atoms with van der Waals surface area (Å²) in [5.41, 5.74) is 1.34. The van der Waals surface area contributed by atoms with Crippen molar-refractivity contribution in [2.24, 2.45) is 0 Å². The summed E-state index contributed by atoms with van der Waals surface area (Å²) in [5.74, 6) is 1.15. The van der Waals surface area contributed by atoms with Crippen molar-refractivity contribution in [2.45, 2.75) is 0 Å². The monoisotopic (exact) mass is 335 g/mol. The van der Waals surface area contributed by atoms with Crippen molar-refractivity contribution in [3.63, 3.8) is 0 Å². The molecule has 3 heterocycles. The van der Waals surface area contributed by atoms with Crippen molar-refractivity contribution < 1.29 is 9.32 Å². The van der Waals surface area contributed by atoms with Crippen LogP contribution in [-0.2, 0) is 0 Å². The Bertz CT molecular complexity index is 842. The highest BCUT2D eigenvalue weighted by Crippen LogP contribution is 2.25. The SMILES string of the molecule is O=C(c1cnoc1-c1ccccc1)N1CCN(c2ncccn2)CC1. The maximum atomic E-state index is 12.9. The van der Waals surface area contributed by atoms with Gasteiger partial charge in [-0.25, -0.2) is 9.97 Å². The Balaban J connectivity index is 1.48. The van der Waals surface area contributed by atoms with E-state index >= 15 is 0 Å². The molecule has 7 heteroatoms. The molecule has 0 aliphatic carbocycles. The molecular formula is C18H17N5O2. The van der Waals surface area contributed by atoms with Crippen LogP contribution in [0.15, 0.2) is 59.5 Å². The standard InChI is InChI=1S/C18H17N5O2/c24-17(15-13-21-25-16(15)14-5-2-1-3-6-14)22-9-11-23(12-10-22)18-19-7-4-8-20-18/h1-8,13H,9-12H2. The summed E-state index contributed by atoms with van der Waals surface area (Å²) >= 11 is 0. The van der Waals surface area contributed by atoms with Crippen molar-refractivity contribution >= 4 is 11.9 Å². The van der Waals surface area contributed by atoms with Crippen molar-refractivity contribution in [3.8, 4) is 11.3 Å². The van der Waals surface area contributed by atoms with E-state index in [9.17, 15) is 4.79 Å². The Kier molecular flexibility index (Phi) is 4.12. The molecule has 1 amide bonds. The van der Waals surface area contributed by atoms with Gasteiger partial charge >= 0.3 is 0 Å². The van der Waals surface area contributed by atoms with Crippen LogP contribution < -0.4 is 4.90 Å². The minimum absolute atomic E-state index is 0.0614. The molecule has 3 aromatic rings. The van der Waals surface area contributed by atoms with Crippen molar-refractivity contribution in [3.05, 3.63) is 60.6 Å². The molecule has 1 aliphatic heterocycles. The zero-order chi connectivity index (χ0) is 17.1. The van der Waals surface area contributed by atoms with Crippen LogP contribution in [0.2, 0.25) is 0 Å². The number of amides is 1. The van der Waals surface area contributed by atoms with Crippen LogP contribution in [0.25, 0.3) is 11.3 Å². The molecule has 4 rings (SSSR count). The molecule has 0 spiro atoms. The van der Waals surface area contributed by atoms with Crippen LogP contribution in [0.1, 0.15) is 10.4 Å². The van der Waals surface area contributed by atoms with E-state index in [0.29, 0.717) is 43.5 Å². The molecular weight excluding hydrogens is 318 g/mol. The fraction of sp³-hybridized carbons (Fsp3) is 0.222. The molecule has 0 bridgehead atoms. The van der Waals surface area contributed by atoms with Gasteiger partial charge in [0.25, 0.3) is 5.91 Å². The van der Waals surface area contributed by atoms with Gasteiger partial charge < -0.3 is 14.3 Å². The summed E-state index contributed by atoms with van der Waals surface area (Å²) in [5, 5.41) is 3.82. The minimum atomic E-state index is -0.0614. The summed E-state index contributed by atoms with van der Waals surface area (Å²) in [4.78, 5) is 25.3. The van der Waals surface area contributed by atoms with Crippen molar-refractivity contribution in [1.29, 1.82) is 0 Å². The van der Waals surface area contributed by atoms with Crippen LogP contribution in [0, 0.1) is 0 Å². The average molecular weight is 335 g/mol. The average Bonchev–Trinajstić information content (AvgIpc) is 3.19. The van der Waals surface area contributed by atoms with E-state index in [1.165, 1.54) is 6.20 Å². The van der Waals surface area contributed by atoms with Gasteiger partial charge in [0.15, 0.2) is 5.76 Å². The first-order valence-electron chi connectivity index (χ1n) is 8.14. The molecule has 2 aromatic heterocycles. The van der Waals surface area contributed by atoms with E-state index in [4.69, 9.17) is 4.52 Å². The van der Waals surface area contributed by atoms with Gasteiger partial charge in [0.1, 0.15) is 5.56 Å². The molecule has 0 radical (unpaired) electrons. The zero-order valence-electron chi connectivity index (χ0n) is 13.6. The van der Waals surface area contributed by atoms with Crippen molar-refractivity contribution in [2.75, 3.05) is 31.1 Å². The number of hydrogen-bond acceptors (Lipinski definition) is 6. The lowest BCUT2D eigenvalue weighted by molar-refractivity contribution is 0.0746. The Labute approximate surface area is 144 Å². The lowest BCUT2D eigenvalue weighted by Crippen LogP contribution is -2.49. The Morgan fingerprint density at radius 3 is 2.40 bits per heavy atom. The maximum Gasteiger partial charge on any atom is 0.259 e. The summed E-state index contributed by atoms with van der Waals surface area (Å²) in [6, 6.07) is 11.3. The summed E-state index contributed by atoms with van der Waals surface area (Å²) in [6.45, 7) is 2.61. The molecule has 25 heavy (non-hydrogen) atoms. The van der Waals surface area contributed by atoms with E-state index in [0.717, 1.165) is 5.56 Å². The van der Waals surface area contributed by atoms with Gasteiger partial charge in [-0.05, 0) is 6.07 Å². The number of nitrogens with zero attached hydrogens (tertiary/aromatic N) is 5. The molecule has 1 saturated heterocycles. The van der Waals surface area contributed by atoms with E-state index in [1.54, 1.807) is 18.5 Å². The van der Waals surface area contributed by atoms with Gasteiger partial charge in [-0.2, -0.15) is 0 Å². The highest BCUT2D eigenvalue weighted by Gasteiger charge is 2.27. The fourth-order valence-electron chi connectivity index (χ4n) is 2.92. The number of aromatic nitrogens is 3. The lowest BCUT2D eigenvalue weighted by atomic mass is 10.1. The van der Waals surface area contributed by atoms with Gasteiger partial charge in [0.2, 0.25) is 5.95 Å².